The third-order valence-corrected chi connectivity index (χ3v) is 3.94. The van der Waals surface area contributed by atoms with Crippen LogP contribution in [0, 0.1) is 0 Å². The van der Waals surface area contributed by atoms with Gasteiger partial charge in [-0.1, -0.05) is 23.2 Å². The van der Waals surface area contributed by atoms with Crippen LogP contribution in [0.1, 0.15) is 5.56 Å². The minimum absolute atomic E-state index is 0.0732. The highest BCUT2D eigenvalue weighted by molar-refractivity contribution is 6.37. The van der Waals surface area contributed by atoms with Gasteiger partial charge in [0.25, 0.3) is 5.56 Å². The molecule has 0 amide bonds. The maximum atomic E-state index is 11.8. The molecule has 0 aliphatic rings. The van der Waals surface area contributed by atoms with Gasteiger partial charge in [-0.25, -0.2) is 4.79 Å². The molecule has 0 spiro atoms. The number of hydrogen-bond acceptors (Lipinski definition) is 6. The number of aromatic hydroxyl groups is 1. The Balaban J connectivity index is 2.00. The largest absolute Gasteiger partial charge is 0.508 e. The van der Waals surface area contributed by atoms with E-state index in [2.05, 4.69) is 10.1 Å². The van der Waals surface area contributed by atoms with E-state index >= 15 is 0 Å². The summed E-state index contributed by atoms with van der Waals surface area (Å²) in [6, 6.07) is 7.06. The number of aliphatic hydroxyl groups excluding tert-OH is 1. The van der Waals surface area contributed by atoms with Gasteiger partial charge in [0, 0.05) is 5.56 Å². The summed E-state index contributed by atoms with van der Waals surface area (Å²) in [6.07, 6.45) is 0.945. The van der Waals surface area contributed by atoms with Crippen molar-refractivity contribution < 1.29 is 14.9 Å². The summed E-state index contributed by atoms with van der Waals surface area (Å²) in [7, 11) is 0. The normalized spacial score (nSPS) is 10.7. The van der Waals surface area contributed by atoms with Gasteiger partial charge in [0.15, 0.2) is 5.75 Å². The highest BCUT2D eigenvalue weighted by Crippen LogP contribution is 2.38. The second kappa shape index (κ2) is 7.20. The second-order valence-electron chi connectivity index (χ2n) is 5.14. The fourth-order valence-electron chi connectivity index (χ4n) is 2.17. The van der Waals surface area contributed by atoms with Crippen LogP contribution in [-0.2, 0) is 6.61 Å². The molecular weight excluding hydrogens is 385 g/mol. The van der Waals surface area contributed by atoms with Crippen molar-refractivity contribution >= 4 is 23.2 Å². The first-order chi connectivity index (χ1) is 12.4. The van der Waals surface area contributed by atoms with Crippen molar-refractivity contribution in [3.05, 3.63) is 73.0 Å². The van der Waals surface area contributed by atoms with Gasteiger partial charge >= 0.3 is 5.69 Å². The third kappa shape index (κ3) is 3.57. The average molecular weight is 396 g/mol. The summed E-state index contributed by atoms with van der Waals surface area (Å²) < 4.78 is 6.55. The number of nitrogens with one attached hydrogen (secondary N) is 1. The molecular formula is C16H11Cl2N3O5. The zero-order valence-corrected chi connectivity index (χ0v) is 14.5. The molecule has 26 heavy (non-hydrogen) atoms. The van der Waals surface area contributed by atoms with E-state index in [0.717, 1.165) is 10.9 Å². The van der Waals surface area contributed by atoms with Crippen molar-refractivity contribution in [2.45, 2.75) is 6.61 Å². The van der Waals surface area contributed by atoms with Crippen LogP contribution in [0.2, 0.25) is 10.0 Å². The maximum absolute atomic E-state index is 11.8. The Hall–Kier alpha value is -2.81. The van der Waals surface area contributed by atoms with Crippen LogP contribution in [0.3, 0.4) is 0 Å². The number of ether oxygens (including phenoxy) is 1. The molecule has 0 atom stereocenters. The lowest BCUT2D eigenvalue weighted by molar-refractivity contribution is 0.275. The predicted octanol–water partition coefficient (Wildman–Crippen LogP) is 2.22. The molecule has 3 rings (SSSR count). The molecule has 10 heteroatoms. The number of hydrogen-bond donors (Lipinski definition) is 3. The summed E-state index contributed by atoms with van der Waals surface area (Å²) in [6.45, 7) is -0.371. The number of H-pyrrole nitrogens is 1. The van der Waals surface area contributed by atoms with Crippen LogP contribution < -0.4 is 16.0 Å². The molecule has 0 unspecified atom stereocenters. The van der Waals surface area contributed by atoms with E-state index in [9.17, 15) is 19.8 Å². The van der Waals surface area contributed by atoms with Gasteiger partial charge < -0.3 is 14.9 Å². The smallest absolute Gasteiger partial charge is 0.349 e. The molecule has 0 radical (unpaired) electrons. The number of nitrogens with zero attached hydrogens (tertiary/aromatic N) is 2. The summed E-state index contributed by atoms with van der Waals surface area (Å²) >= 11 is 12.4. The van der Waals surface area contributed by atoms with Gasteiger partial charge in [0.05, 0.1) is 22.3 Å². The zero-order valence-electron chi connectivity index (χ0n) is 12.9. The Bertz CT molecular complexity index is 1070. The number of aliphatic hydroxyl groups is 1. The van der Waals surface area contributed by atoms with Crippen LogP contribution >= 0.6 is 23.2 Å². The highest BCUT2D eigenvalue weighted by Gasteiger charge is 2.14. The van der Waals surface area contributed by atoms with Gasteiger partial charge in [0.1, 0.15) is 17.7 Å². The quantitative estimate of drug-likeness (QED) is 0.623. The molecule has 0 aliphatic carbocycles. The van der Waals surface area contributed by atoms with E-state index in [1.54, 1.807) is 0 Å². The first-order valence-corrected chi connectivity index (χ1v) is 7.93. The van der Waals surface area contributed by atoms with E-state index in [-0.39, 0.29) is 39.4 Å². The Morgan fingerprint density at radius 1 is 1.15 bits per heavy atom. The summed E-state index contributed by atoms with van der Waals surface area (Å²) in [5.41, 5.74) is -0.870. The zero-order chi connectivity index (χ0) is 18.8. The van der Waals surface area contributed by atoms with Crippen molar-refractivity contribution in [2.24, 2.45) is 0 Å². The molecule has 2 aromatic carbocycles. The predicted molar refractivity (Wildman–Crippen MR) is 94.6 cm³/mol. The molecule has 0 aliphatic heterocycles. The minimum atomic E-state index is -0.746. The van der Waals surface area contributed by atoms with Crippen LogP contribution in [0.5, 0.6) is 17.2 Å². The topological polar surface area (TPSA) is 117 Å². The van der Waals surface area contributed by atoms with Gasteiger partial charge in [-0.2, -0.15) is 9.78 Å². The fraction of sp³-hybridized carbons (Fsp3) is 0.0625. The average Bonchev–Trinajstić information content (AvgIpc) is 2.59. The van der Waals surface area contributed by atoms with Crippen molar-refractivity contribution in [3.63, 3.8) is 0 Å². The van der Waals surface area contributed by atoms with Gasteiger partial charge in [0.2, 0.25) is 0 Å². The van der Waals surface area contributed by atoms with Gasteiger partial charge in [-0.3, -0.25) is 9.78 Å². The summed E-state index contributed by atoms with van der Waals surface area (Å²) in [4.78, 5) is 25.0. The molecule has 0 bridgehead atoms. The SMILES string of the molecule is O=c1cnn(-c2cc(Cl)c(Oc3ccc(O)c(CO)c3)c(Cl)c2)c(=O)[nH]1. The first-order valence-electron chi connectivity index (χ1n) is 7.17. The Morgan fingerprint density at radius 3 is 2.46 bits per heavy atom. The molecule has 0 fully saturated rings. The van der Waals surface area contributed by atoms with Crippen molar-refractivity contribution in [2.75, 3.05) is 0 Å². The number of halogens is 2. The van der Waals surface area contributed by atoms with Gasteiger partial charge in [-0.15, -0.1) is 0 Å². The molecule has 3 aromatic rings. The lowest BCUT2D eigenvalue weighted by atomic mass is 10.2. The monoisotopic (exact) mass is 395 g/mol. The van der Waals surface area contributed by atoms with Crippen molar-refractivity contribution in [1.29, 1.82) is 0 Å². The van der Waals surface area contributed by atoms with Crippen LogP contribution in [0.4, 0.5) is 0 Å². The van der Waals surface area contributed by atoms with Crippen molar-refractivity contribution in [1.82, 2.24) is 14.8 Å². The maximum Gasteiger partial charge on any atom is 0.349 e. The summed E-state index contributed by atoms with van der Waals surface area (Å²) in [5.74, 6) is 0.336. The van der Waals surface area contributed by atoms with E-state index < -0.39 is 11.2 Å². The molecule has 134 valence electrons. The fourth-order valence-corrected chi connectivity index (χ4v) is 2.73. The molecule has 1 heterocycles. The van der Waals surface area contributed by atoms with E-state index in [1.165, 1.54) is 30.3 Å². The lowest BCUT2D eigenvalue weighted by Gasteiger charge is -2.13. The van der Waals surface area contributed by atoms with Crippen molar-refractivity contribution in [3.8, 4) is 22.9 Å². The highest BCUT2D eigenvalue weighted by atomic mass is 35.5. The van der Waals surface area contributed by atoms with Crippen LogP contribution in [0.25, 0.3) is 5.69 Å². The number of aromatic amines is 1. The van der Waals surface area contributed by atoms with E-state index in [0.29, 0.717) is 5.75 Å². The Morgan fingerprint density at radius 2 is 1.85 bits per heavy atom. The Labute approximate surface area is 155 Å². The lowest BCUT2D eigenvalue weighted by Crippen LogP contribution is -2.30. The van der Waals surface area contributed by atoms with Crippen LogP contribution in [-0.4, -0.2) is 25.0 Å². The van der Waals surface area contributed by atoms with E-state index in [1.807, 2.05) is 0 Å². The standard InChI is InChI=1S/C16H11Cl2N3O5/c17-11-4-9(21-16(25)20-14(24)6-19-21)5-12(18)15(11)26-10-1-2-13(23)8(3-10)7-22/h1-6,22-23H,7H2,(H,20,24,25). The summed E-state index contributed by atoms with van der Waals surface area (Å²) in [5, 5.41) is 22.7. The molecule has 8 nitrogen and oxygen atoms in total. The number of rotatable bonds is 4. The van der Waals surface area contributed by atoms with Gasteiger partial charge in [-0.05, 0) is 30.3 Å². The second-order valence-corrected chi connectivity index (χ2v) is 5.95. The Kier molecular flexibility index (Phi) is 4.99. The molecule has 0 saturated heterocycles. The van der Waals surface area contributed by atoms with Crippen LogP contribution in [0.15, 0.2) is 46.1 Å². The number of phenols is 1. The number of benzene rings is 2. The van der Waals surface area contributed by atoms with E-state index in [4.69, 9.17) is 27.9 Å². The number of aromatic nitrogens is 3. The minimum Gasteiger partial charge on any atom is -0.508 e. The molecule has 1 aromatic heterocycles. The first kappa shape index (κ1) is 18.0. The molecule has 0 saturated carbocycles. The third-order valence-electron chi connectivity index (χ3n) is 3.38. The molecule has 3 N–H and O–H groups in total.